The Bertz CT molecular complexity index is 841. The highest BCUT2D eigenvalue weighted by Crippen LogP contribution is 2.47. The smallest absolute Gasteiger partial charge is 0.144 e. The molecule has 2 nitrogen and oxygen atoms in total. The molecule has 1 aliphatic rings. The Morgan fingerprint density at radius 1 is 0.826 bits per heavy atom. The molecule has 0 spiro atoms. The van der Waals surface area contributed by atoms with E-state index in [2.05, 4.69) is 85.5 Å². The van der Waals surface area contributed by atoms with E-state index in [0.29, 0.717) is 0 Å². The first kappa shape index (κ1) is 13.9. The molecule has 1 unspecified atom stereocenters. The molecule has 0 bridgehead atoms. The van der Waals surface area contributed by atoms with Crippen LogP contribution in [-0.4, -0.2) is 0 Å². The van der Waals surface area contributed by atoms with E-state index in [0.717, 1.165) is 17.1 Å². The number of anilines is 3. The second kappa shape index (κ2) is 5.47. The number of hydrogen-bond donors (Lipinski definition) is 0. The molecule has 0 N–H and O–H groups in total. The van der Waals surface area contributed by atoms with Gasteiger partial charge >= 0.3 is 0 Å². The van der Waals surface area contributed by atoms with Crippen molar-refractivity contribution in [3.8, 4) is 5.75 Å². The number of benzene rings is 3. The van der Waals surface area contributed by atoms with Gasteiger partial charge in [0.2, 0.25) is 0 Å². The molecule has 0 saturated heterocycles. The molecule has 0 saturated carbocycles. The van der Waals surface area contributed by atoms with Gasteiger partial charge < -0.3 is 9.64 Å². The monoisotopic (exact) mass is 301 g/mol. The van der Waals surface area contributed by atoms with Gasteiger partial charge in [0.25, 0.3) is 0 Å². The third-order valence-corrected chi connectivity index (χ3v) is 4.29. The first-order valence-corrected chi connectivity index (χ1v) is 7.95. The maximum absolute atomic E-state index is 6.27. The van der Waals surface area contributed by atoms with Crippen LogP contribution in [0.15, 0.2) is 72.8 Å². The van der Waals surface area contributed by atoms with E-state index in [1.807, 2.05) is 6.07 Å². The van der Waals surface area contributed by atoms with E-state index in [9.17, 15) is 0 Å². The van der Waals surface area contributed by atoms with Crippen LogP contribution in [-0.2, 0) is 0 Å². The predicted molar refractivity (Wildman–Crippen MR) is 94.9 cm³/mol. The largest absolute Gasteiger partial charge is 0.484 e. The van der Waals surface area contributed by atoms with Crippen LogP contribution in [0.1, 0.15) is 24.2 Å². The molecule has 1 atom stereocenters. The third-order valence-electron chi connectivity index (χ3n) is 4.29. The lowest BCUT2D eigenvalue weighted by molar-refractivity contribution is 0.231. The zero-order valence-corrected chi connectivity index (χ0v) is 13.4. The van der Waals surface area contributed by atoms with Gasteiger partial charge in [0.05, 0.1) is 11.4 Å². The van der Waals surface area contributed by atoms with Gasteiger partial charge in [-0.05, 0) is 49.7 Å². The van der Waals surface area contributed by atoms with Crippen LogP contribution in [0.5, 0.6) is 5.75 Å². The van der Waals surface area contributed by atoms with Gasteiger partial charge in [-0.15, -0.1) is 0 Å². The number of rotatable bonds is 1. The minimum Gasteiger partial charge on any atom is -0.484 e. The predicted octanol–water partition coefficient (Wildman–Crippen LogP) is 5.92. The number of aryl methyl sites for hydroxylation is 1. The Kier molecular flexibility index (Phi) is 3.30. The molecule has 0 radical (unpaired) electrons. The number of hydrogen-bond acceptors (Lipinski definition) is 2. The average molecular weight is 301 g/mol. The number of fused-ring (bicyclic) bond motifs is 2. The Hall–Kier alpha value is -2.74. The van der Waals surface area contributed by atoms with E-state index in [-0.39, 0.29) is 6.10 Å². The molecular formula is C21H19NO. The lowest BCUT2D eigenvalue weighted by Gasteiger charge is -2.26. The molecule has 0 amide bonds. The van der Waals surface area contributed by atoms with Crippen molar-refractivity contribution in [2.24, 2.45) is 0 Å². The highest BCUT2D eigenvalue weighted by atomic mass is 16.5. The summed E-state index contributed by atoms with van der Waals surface area (Å²) >= 11 is 0. The standard InChI is InChI=1S/C21H19NO/c1-15-12-13-20-21(14-15)23-16(2)18-10-6-7-11-19(18)22(20)17-8-4-3-5-9-17/h3-14,16H,1-2H3. The van der Waals surface area contributed by atoms with Crippen LogP contribution in [0.2, 0.25) is 0 Å². The van der Waals surface area contributed by atoms with Crippen molar-refractivity contribution in [1.29, 1.82) is 0 Å². The van der Waals surface area contributed by atoms with Gasteiger partial charge in [0.1, 0.15) is 11.9 Å². The normalized spacial score (nSPS) is 16.1. The summed E-state index contributed by atoms with van der Waals surface area (Å²) in [5, 5.41) is 0. The van der Waals surface area contributed by atoms with Gasteiger partial charge in [0, 0.05) is 11.3 Å². The summed E-state index contributed by atoms with van der Waals surface area (Å²) in [6.45, 7) is 4.21. The van der Waals surface area contributed by atoms with Crippen molar-refractivity contribution < 1.29 is 4.74 Å². The molecular weight excluding hydrogens is 282 g/mol. The fourth-order valence-electron chi connectivity index (χ4n) is 3.17. The van der Waals surface area contributed by atoms with E-state index in [1.54, 1.807) is 0 Å². The summed E-state index contributed by atoms with van der Waals surface area (Å²) in [6, 6.07) is 25.3. The van der Waals surface area contributed by atoms with Crippen molar-refractivity contribution in [1.82, 2.24) is 0 Å². The Morgan fingerprint density at radius 3 is 2.39 bits per heavy atom. The van der Waals surface area contributed by atoms with E-state index in [4.69, 9.17) is 4.74 Å². The first-order chi connectivity index (χ1) is 11.2. The molecule has 23 heavy (non-hydrogen) atoms. The number of ether oxygens (including phenoxy) is 1. The van der Waals surface area contributed by atoms with Gasteiger partial charge in [-0.3, -0.25) is 0 Å². The van der Waals surface area contributed by atoms with Gasteiger partial charge in [0.15, 0.2) is 0 Å². The quantitative estimate of drug-likeness (QED) is 0.553. The summed E-state index contributed by atoms with van der Waals surface area (Å²) in [4.78, 5) is 2.29. The minimum atomic E-state index is 0.0143. The average Bonchev–Trinajstić information content (AvgIpc) is 2.70. The molecule has 0 aliphatic carbocycles. The third kappa shape index (κ3) is 2.36. The fraction of sp³-hybridized carbons (Fsp3) is 0.143. The lowest BCUT2D eigenvalue weighted by atomic mass is 10.1. The van der Waals surface area contributed by atoms with E-state index >= 15 is 0 Å². The summed E-state index contributed by atoms with van der Waals surface area (Å²) in [5.41, 5.74) is 5.80. The fourth-order valence-corrected chi connectivity index (χ4v) is 3.17. The molecule has 0 aromatic heterocycles. The summed E-state index contributed by atoms with van der Waals surface area (Å²) in [5.74, 6) is 0.928. The number of para-hydroxylation sites is 2. The number of nitrogens with zero attached hydrogens (tertiary/aromatic N) is 1. The highest BCUT2D eigenvalue weighted by Gasteiger charge is 2.26. The molecule has 3 aromatic carbocycles. The van der Waals surface area contributed by atoms with Gasteiger partial charge in [-0.25, -0.2) is 0 Å². The van der Waals surface area contributed by atoms with Crippen LogP contribution in [0, 0.1) is 6.92 Å². The van der Waals surface area contributed by atoms with Crippen LogP contribution in [0.3, 0.4) is 0 Å². The SMILES string of the molecule is Cc1ccc2c(c1)OC(C)c1ccccc1N2c1ccccc1. The van der Waals surface area contributed by atoms with Crippen molar-refractivity contribution in [2.75, 3.05) is 4.90 Å². The summed E-state index contributed by atoms with van der Waals surface area (Å²) in [7, 11) is 0. The van der Waals surface area contributed by atoms with Gasteiger partial charge in [-0.1, -0.05) is 42.5 Å². The Balaban J connectivity index is 2.01. The first-order valence-electron chi connectivity index (χ1n) is 7.95. The van der Waals surface area contributed by atoms with Crippen LogP contribution in [0.25, 0.3) is 0 Å². The Labute approximate surface area is 137 Å². The molecule has 0 fully saturated rings. The molecule has 2 heteroatoms. The van der Waals surface area contributed by atoms with Crippen molar-refractivity contribution in [3.63, 3.8) is 0 Å². The molecule has 1 aliphatic heterocycles. The zero-order valence-electron chi connectivity index (χ0n) is 13.4. The second-order valence-electron chi connectivity index (χ2n) is 5.96. The second-order valence-corrected chi connectivity index (χ2v) is 5.96. The lowest BCUT2D eigenvalue weighted by Crippen LogP contribution is -2.10. The van der Waals surface area contributed by atoms with Crippen molar-refractivity contribution >= 4 is 17.1 Å². The van der Waals surface area contributed by atoms with E-state index in [1.165, 1.54) is 16.8 Å². The molecule has 114 valence electrons. The molecule has 1 heterocycles. The van der Waals surface area contributed by atoms with Crippen LogP contribution >= 0.6 is 0 Å². The maximum Gasteiger partial charge on any atom is 0.144 e. The van der Waals surface area contributed by atoms with Gasteiger partial charge in [-0.2, -0.15) is 0 Å². The van der Waals surface area contributed by atoms with Crippen LogP contribution in [0.4, 0.5) is 17.1 Å². The summed E-state index contributed by atoms with van der Waals surface area (Å²) in [6.07, 6.45) is 0.0143. The maximum atomic E-state index is 6.27. The minimum absolute atomic E-state index is 0.0143. The highest BCUT2D eigenvalue weighted by molar-refractivity contribution is 5.83. The van der Waals surface area contributed by atoms with Crippen LogP contribution < -0.4 is 9.64 Å². The van der Waals surface area contributed by atoms with Crippen molar-refractivity contribution in [2.45, 2.75) is 20.0 Å². The molecule has 4 rings (SSSR count). The van der Waals surface area contributed by atoms with E-state index < -0.39 is 0 Å². The molecule has 3 aromatic rings. The Morgan fingerprint density at radius 2 is 1.57 bits per heavy atom. The van der Waals surface area contributed by atoms with Crippen molar-refractivity contribution in [3.05, 3.63) is 83.9 Å². The zero-order chi connectivity index (χ0) is 15.8. The topological polar surface area (TPSA) is 12.5 Å². The summed E-state index contributed by atoms with van der Waals surface area (Å²) < 4.78 is 6.27.